The number of rotatable bonds is 6. The topological polar surface area (TPSA) is 70.7 Å². The molecule has 2 aliphatic rings. The van der Waals surface area contributed by atoms with Crippen LogP contribution in [0.4, 0.5) is 0 Å². The van der Waals surface area contributed by atoms with Crippen molar-refractivity contribution in [2.24, 2.45) is 0 Å². The summed E-state index contributed by atoms with van der Waals surface area (Å²) >= 11 is 0. The van der Waals surface area contributed by atoms with Crippen molar-refractivity contribution in [1.82, 2.24) is 20.0 Å². The Kier molecular flexibility index (Phi) is 5.44. The van der Waals surface area contributed by atoms with Crippen LogP contribution in [0.1, 0.15) is 27.7 Å². The molecule has 3 heterocycles. The number of hydrogen-bond acceptors (Lipinski definition) is 5. The monoisotopic (exact) mass is 418 g/mol. The fourth-order valence-corrected chi connectivity index (χ4v) is 4.45. The summed E-state index contributed by atoms with van der Waals surface area (Å²) in [6.45, 7) is 4.76. The molecular formula is C24H26N4O3. The molecule has 3 aromatic rings. The lowest BCUT2D eigenvalue weighted by atomic mass is 9.96. The largest absolute Gasteiger partial charge is 0.497 e. The second-order valence-corrected chi connectivity index (χ2v) is 7.86. The number of ether oxygens (including phenoxy) is 2. The predicted octanol–water partition coefficient (Wildman–Crippen LogP) is 2.96. The van der Waals surface area contributed by atoms with Crippen molar-refractivity contribution in [3.63, 3.8) is 0 Å². The number of carbonyl (C=O) groups is 1. The molecule has 0 aliphatic carbocycles. The number of H-pyrrole nitrogens is 1. The van der Waals surface area contributed by atoms with Gasteiger partial charge < -0.3 is 14.4 Å². The van der Waals surface area contributed by atoms with E-state index in [0.29, 0.717) is 12.2 Å². The van der Waals surface area contributed by atoms with E-state index in [1.165, 1.54) is 0 Å². The van der Waals surface area contributed by atoms with E-state index in [-0.39, 0.29) is 11.9 Å². The van der Waals surface area contributed by atoms with Gasteiger partial charge in [-0.25, -0.2) is 0 Å². The smallest absolute Gasteiger partial charge is 0.273 e. The van der Waals surface area contributed by atoms with Crippen LogP contribution in [0.25, 0.3) is 11.3 Å². The molecule has 1 atom stereocenters. The SMILES string of the molecule is COc1ccc(C2c3c(-c4ccccc4)n[nH]c3C(=O)N2CCN2CCOCC2)cc1. The average molecular weight is 418 g/mol. The Labute approximate surface area is 181 Å². The number of fused-ring (bicyclic) bond motifs is 1. The Bertz CT molecular complexity index is 1040. The van der Waals surface area contributed by atoms with Crippen LogP contribution in [0, 0.1) is 0 Å². The number of carbonyl (C=O) groups excluding carboxylic acids is 1. The molecule has 0 spiro atoms. The summed E-state index contributed by atoms with van der Waals surface area (Å²) in [6.07, 6.45) is 0. The Morgan fingerprint density at radius 3 is 2.52 bits per heavy atom. The zero-order valence-corrected chi connectivity index (χ0v) is 17.6. The fraction of sp³-hybridized carbons (Fsp3) is 0.333. The molecule has 5 rings (SSSR count). The number of benzene rings is 2. The van der Waals surface area contributed by atoms with Crippen molar-refractivity contribution in [1.29, 1.82) is 0 Å². The van der Waals surface area contributed by atoms with Crippen LogP contribution in [0.2, 0.25) is 0 Å². The molecule has 160 valence electrons. The number of amides is 1. The van der Waals surface area contributed by atoms with Crippen molar-refractivity contribution < 1.29 is 14.3 Å². The number of methoxy groups -OCH3 is 1. The van der Waals surface area contributed by atoms with E-state index in [1.54, 1.807) is 7.11 Å². The highest BCUT2D eigenvalue weighted by molar-refractivity contribution is 6.00. The van der Waals surface area contributed by atoms with Crippen LogP contribution in [0.15, 0.2) is 54.6 Å². The van der Waals surface area contributed by atoms with Crippen LogP contribution in [0.5, 0.6) is 5.75 Å². The molecule has 0 bridgehead atoms. The van der Waals surface area contributed by atoms with E-state index in [2.05, 4.69) is 15.1 Å². The minimum atomic E-state index is -0.191. The number of nitrogens with zero attached hydrogens (tertiary/aromatic N) is 3. The van der Waals surface area contributed by atoms with E-state index in [9.17, 15) is 4.79 Å². The summed E-state index contributed by atoms with van der Waals surface area (Å²) in [6, 6.07) is 17.8. The minimum Gasteiger partial charge on any atom is -0.497 e. The number of nitrogens with one attached hydrogen (secondary N) is 1. The minimum absolute atomic E-state index is 0.00115. The van der Waals surface area contributed by atoms with Crippen molar-refractivity contribution in [2.45, 2.75) is 6.04 Å². The molecule has 1 aromatic heterocycles. The molecule has 0 saturated carbocycles. The highest BCUT2D eigenvalue weighted by Crippen LogP contribution is 2.42. The van der Waals surface area contributed by atoms with Crippen LogP contribution < -0.4 is 4.74 Å². The first-order valence-electron chi connectivity index (χ1n) is 10.6. The summed E-state index contributed by atoms with van der Waals surface area (Å²) in [7, 11) is 1.66. The van der Waals surface area contributed by atoms with Gasteiger partial charge in [0.15, 0.2) is 0 Å². The Morgan fingerprint density at radius 2 is 1.81 bits per heavy atom. The highest BCUT2D eigenvalue weighted by atomic mass is 16.5. The molecule has 1 N–H and O–H groups in total. The average Bonchev–Trinajstić information content (AvgIpc) is 3.38. The molecule has 1 unspecified atom stereocenters. The van der Waals surface area contributed by atoms with Crippen LogP contribution in [-0.2, 0) is 4.74 Å². The maximum atomic E-state index is 13.4. The van der Waals surface area contributed by atoms with Gasteiger partial charge in [0.2, 0.25) is 0 Å². The Hall–Kier alpha value is -3.16. The molecule has 1 amide bonds. The first kappa shape index (κ1) is 19.8. The second-order valence-electron chi connectivity index (χ2n) is 7.86. The normalized spacial score (nSPS) is 18.9. The third kappa shape index (κ3) is 3.71. The highest BCUT2D eigenvalue weighted by Gasteiger charge is 2.42. The molecule has 2 aliphatic heterocycles. The van der Waals surface area contributed by atoms with Gasteiger partial charge in [0, 0.05) is 37.3 Å². The molecule has 7 heteroatoms. The first-order valence-corrected chi connectivity index (χ1v) is 10.6. The van der Waals surface area contributed by atoms with E-state index in [0.717, 1.165) is 61.0 Å². The summed E-state index contributed by atoms with van der Waals surface area (Å²) in [5.74, 6) is 0.794. The van der Waals surface area contributed by atoms with Crippen molar-refractivity contribution in [3.8, 4) is 17.0 Å². The lowest BCUT2D eigenvalue weighted by molar-refractivity contribution is 0.0316. The van der Waals surface area contributed by atoms with Gasteiger partial charge in [0.25, 0.3) is 5.91 Å². The van der Waals surface area contributed by atoms with Gasteiger partial charge >= 0.3 is 0 Å². The standard InChI is InChI=1S/C24H26N4O3/c1-30-19-9-7-18(8-10-19)23-20-21(17-5-3-2-4-6-17)25-26-22(20)24(29)28(23)12-11-27-13-15-31-16-14-27/h2-10,23H,11-16H2,1H3,(H,25,26). The second kappa shape index (κ2) is 8.53. The van der Waals surface area contributed by atoms with Crippen LogP contribution >= 0.6 is 0 Å². The summed E-state index contributed by atoms with van der Waals surface area (Å²) < 4.78 is 10.8. The maximum Gasteiger partial charge on any atom is 0.273 e. The summed E-state index contributed by atoms with van der Waals surface area (Å²) in [4.78, 5) is 17.7. The molecule has 2 aromatic carbocycles. The zero-order chi connectivity index (χ0) is 21.2. The van der Waals surface area contributed by atoms with Crippen molar-refractivity contribution in [3.05, 3.63) is 71.4 Å². The maximum absolute atomic E-state index is 13.4. The molecule has 7 nitrogen and oxygen atoms in total. The van der Waals surface area contributed by atoms with E-state index >= 15 is 0 Å². The van der Waals surface area contributed by atoms with E-state index in [1.807, 2.05) is 59.5 Å². The van der Waals surface area contributed by atoms with E-state index < -0.39 is 0 Å². The fourth-order valence-electron chi connectivity index (χ4n) is 4.45. The van der Waals surface area contributed by atoms with Crippen LogP contribution in [0.3, 0.4) is 0 Å². The Balaban J connectivity index is 1.52. The number of aromatic amines is 1. The lowest BCUT2D eigenvalue weighted by Crippen LogP contribution is -2.42. The quantitative estimate of drug-likeness (QED) is 0.667. The third-order valence-electron chi connectivity index (χ3n) is 6.10. The predicted molar refractivity (Wildman–Crippen MR) is 117 cm³/mol. The number of morpholine rings is 1. The van der Waals surface area contributed by atoms with Gasteiger partial charge in [-0.15, -0.1) is 0 Å². The molecular weight excluding hydrogens is 392 g/mol. The zero-order valence-electron chi connectivity index (χ0n) is 17.6. The summed E-state index contributed by atoms with van der Waals surface area (Å²) in [5, 5.41) is 7.55. The van der Waals surface area contributed by atoms with Gasteiger partial charge in [-0.3, -0.25) is 14.8 Å². The molecule has 0 radical (unpaired) electrons. The number of aromatic nitrogens is 2. The van der Waals surface area contributed by atoms with Crippen molar-refractivity contribution in [2.75, 3.05) is 46.5 Å². The van der Waals surface area contributed by atoms with Gasteiger partial charge in [-0.2, -0.15) is 5.10 Å². The lowest BCUT2D eigenvalue weighted by Gasteiger charge is -2.31. The van der Waals surface area contributed by atoms with Gasteiger partial charge in [-0.05, 0) is 17.7 Å². The molecule has 31 heavy (non-hydrogen) atoms. The first-order chi connectivity index (χ1) is 15.3. The Morgan fingerprint density at radius 1 is 1.06 bits per heavy atom. The van der Waals surface area contributed by atoms with E-state index in [4.69, 9.17) is 9.47 Å². The van der Waals surface area contributed by atoms with Crippen LogP contribution in [-0.4, -0.2) is 72.4 Å². The van der Waals surface area contributed by atoms with Crippen molar-refractivity contribution >= 4 is 5.91 Å². The van der Waals surface area contributed by atoms with Gasteiger partial charge in [0.05, 0.1) is 32.1 Å². The summed E-state index contributed by atoms with van der Waals surface area (Å²) in [5.41, 5.74) is 4.42. The molecule has 1 saturated heterocycles. The molecule has 1 fully saturated rings. The third-order valence-corrected chi connectivity index (χ3v) is 6.10. The van der Waals surface area contributed by atoms with Gasteiger partial charge in [0.1, 0.15) is 11.4 Å². The number of hydrogen-bond donors (Lipinski definition) is 1. The van der Waals surface area contributed by atoms with Gasteiger partial charge in [-0.1, -0.05) is 42.5 Å².